The van der Waals surface area contributed by atoms with Gasteiger partial charge in [0.25, 0.3) is 11.2 Å². The Morgan fingerprint density at radius 1 is 1.06 bits per heavy atom. The molecule has 180 valence electrons. The van der Waals surface area contributed by atoms with Crippen molar-refractivity contribution in [3.63, 3.8) is 0 Å². The number of hydrogen-bond donors (Lipinski definition) is 0. The number of fused-ring (bicyclic) bond motifs is 3. The van der Waals surface area contributed by atoms with Crippen LogP contribution in [0.1, 0.15) is 36.8 Å². The van der Waals surface area contributed by atoms with Crippen molar-refractivity contribution in [1.82, 2.24) is 13.7 Å². The Kier molecular flexibility index (Phi) is 5.06. The summed E-state index contributed by atoms with van der Waals surface area (Å²) >= 11 is 0. The Hall–Kier alpha value is -3.98. The lowest BCUT2D eigenvalue weighted by atomic mass is 9.97. The average Bonchev–Trinajstić information content (AvgIpc) is 3.19. The van der Waals surface area contributed by atoms with Crippen molar-refractivity contribution in [2.75, 3.05) is 6.61 Å². The monoisotopic (exact) mass is 474 g/mol. The molecule has 0 spiro atoms. The quantitative estimate of drug-likeness (QED) is 0.332. The lowest BCUT2D eigenvalue weighted by molar-refractivity contribution is -0.386. The van der Waals surface area contributed by atoms with Crippen LogP contribution < -0.4 is 11.2 Å². The number of nitro benzene ring substituents is 1. The van der Waals surface area contributed by atoms with Gasteiger partial charge in [0.15, 0.2) is 0 Å². The van der Waals surface area contributed by atoms with E-state index in [9.17, 15) is 19.7 Å². The van der Waals surface area contributed by atoms with Crippen molar-refractivity contribution in [1.29, 1.82) is 0 Å². The van der Waals surface area contributed by atoms with Crippen LogP contribution in [0.2, 0.25) is 0 Å². The van der Waals surface area contributed by atoms with Gasteiger partial charge < -0.3 is 9.30 Å². The lowest BCUT2D eigenvalue weighted by Crippen LogP contribution is -2.40. The molecule has 0 saturated heterocycles. The van der Waals surface area contributed by atoms with Gasteiger partial charge in [-0.3, -0.25) is 24.0 Å². The molecule has 4 aromatic rings. The van der Waals surface area contributed by atoms with Gasteiger partial charge in [-0.1, -0.05) is 35.9 Å². The van der Waals surface area contributed by atoms with Gasteiger partial charge in [-0.2, -0.15) is 0 Å². The van der Waals surface area contributed by atoms with E-state index in [2.05, 4.69) is 0 Å². The van der Waals surface area contributed by atoms with E-state index in [0.717, 1.165) is 15.7 Å². The van der Waals surface area contributed by atoms with Gasteiger partial charge in [0, 0.05) is 20.2 Å². The second-order valence-electron chi connectivity index (χ2n) is 9.69. The van der Waals surface area contributed by atoms with Crippen LogP contribution in [-0.4, -0.2) is 25.2 Å². The third-order valence-electron chi connectivity index (χ3n) is 6.77. The first-order valence-electron chi connectivity index (χ1n) is 11.3. The fourth-order valence-corrected chi connectivity index (χ4v) is 5.18. The summed E-state index contributed by atoms with van der Waals surface area (Å²) in [6.07, 6.45) is -0.844. The maximum absolute atomic E-state index is 13.6. The van der Waals surface area contributed by atoms with Crippen molar-refractivity contribution < 1.29 is 9.66 Å². The zero-order chi connectivity index (χ0) is 25.2. The molecule has 5 rings (SSSR count). The van der Waals surface area contributed by atoms with Crippen LogP contribution in [0.15, 0.2) is 58.1 Å². The standard InChI is InChI=1S/C26H26N4O5/c1-15-9-8-10-16(13-15)20-19-21(27(4)25(32)28(5)24(19)31)22-23(35-14-26(2,3)29(20)22)17-11-6-7-12-18(17)30(33)34/h6-13,23H,14H2,1-5H3/t23-/m0/s1. The number of aryl methyl sites for hydroxylation is 2. The molecule has 1 atom stereocenters. The minimum atomic E-state index is -0.844. The van der Waals surface area contributed by atoms with E-state index >= 15 is 0 Å². The molecular weight excluding hydrogens is 448 g/mol. The normalized spacial score (nSPS) is 16.9. The van der Waals surface area contributed by atoms with Crippen LogP contribution >= 0.6 is 0 Å². The molecule has 0 radical (unpaired) electrons. The van der Waals surface area contributed by atoms with Crippen LogP contribution in [0, 0.1) is 17.0 Å². The summed E-state index contributed by atoms with van der Waals surface area (Å²) in [7, 11) is 3.07. The first-order valence-corrected chi connectivity index (χ1v) is 11.3. The van der Waals surface area contributed by atoms with E-state index < -0.39 is 27.8 Å². The molecule has 2 aromatic carbocycles. The molecule has 0 bridgehead atoms. The van der Waals surface area contributed by atoms with E-state index in [1.807, 2.05) is 49.6 Å². The number of aromatic nitrogens is 3. The van der Waals surface area contributed by atoms with E-state index in [-0.39, 0.29) is 12.3 Å². The number of ether oxygens (including phenoxy) is 1. The van der Waals surface area contributed by atoms with Gasteiger partial charge in [-0.05, 0) is 38.5 Å². The number of para-hydroxylation sites is 1. The highest BCUT2D eigenvalue weighted by Gasteiger charge is 2.42. The summed E-state index contributed by atoms with van der Waals surface area (Å²) in [5, 5.41) is 12.3. The third kappa shape index (κ3) is 3.26. The van der Waals surface area contributed by atoms with Crippen LogP contribution in [0.5, 0.6) is 0 Å². The van der Waals surface area contributed by atoms with E-state index in [1.54, 1.807) is 25.2 Å². The van der Waals surface area contributed by atoms with Crippen LogP contribution in [0.3, 0.4) is 0 Å². The predicted octanol–water partition coefficient (Wildman–Crippen LogP) is 3.78. The Morgan fingerprint density at radius 2 is 1.77 bits per heavy atom. The zero-order valence-electron chi connectivity index (χ0n) is 20.2. The van der Waals surface area contributed by atoms with E-state index in [0.29, 0.717) is 27.9 Å². The van der Waals surface area contributed by atoms with Crippen LogP contribution in [0.25, 0.3) is 22.2 Å². The molecule has 9 nitrogen and oxygen atoms in total. The Balaban J connectivity index is 2.03. The third-order valence-corrected chi connectivity index (χ3v) is 6.77. The molecule has 2 aromatic heterocycles. The van der Waals surface area contributed by atoms with E-state index in [4.69, 9.17) is 4.74 Å². The minimum absolute atomic E-state index is 0.0796. The summed E-state index contributed by atoms with van der Waals surface area (Å²) in [5.74, 6) is 0. The predicted molar refractivity (Wildman–Crippen MR) is 133 cm³/mol. The van der Waals surface area contributed by atoms with Crippen molar-refractivity contribution in [2.45, 2.75) is 32.4 Å². The van der Waals surface area contributed by atoms with Gasteiger partial charge in [0.05, 0.1) is 44.9 Å². The number of nitrogens with zero attached hydrogens (tertiary/aromatic N) is 4. The molecule has 35 heavy (non-hydrogen) atoms. The Morgan fingerprint density at radius 3 is 2.46 bits per heavy atom. The van der Waals surface area contributed by atoms with Gasteiger partial charge in [0.1, 0.15) is 6.10 Å². The van der Waals surface area contributed by atoms with E-state index in [1.165, 1.54) is 17.7 Å². The number of benzene rings is 2. The topological polar surface area (TPSA) is 101 Å². The summed E-state index contributed by atoms with van der Waals surface area (Å²) in [6.45, 7) is 6.22. The second-order valence-corrected chi connectivity index (χ2v) is 9.69. The second kappa shape index (κ2) is 7.78. The van der Waals surface area contributed by atoms with Gasteiger partial charge in [-0.15, -0.1) is 0 Å². The first-order chi connectivity index (χ1) is 16.5. The molecule has 0 aliphatic carbocycles. The molecule has 1 aliphatic heterocycles. The highest BCUT2D eigenvalue weighted by Crippen LogP contribution is 2.46. The van der Waals surface area contributed by atoms with Gasteiger partial charge in [0.2, 0.25) is 0 Å². The van der Waals surface area contributed by atoms with Crippen LogP contribution in [-0.2, 0) is 24.4 Å². The van der Waals surface area contributed by atoms with Crippen molar-refractivity contribution in [3.05, 3.63) is 96.3 Å². The largest absolute Gasteiger partial charge is 0.364 e. The fourth-order valence-electron chi connectivity index (χ4n) is 5.18. The average molecular weight is 475 g/mol. The first kappa shape index (κ1) is 22.8. The lowest BCUT2D eigenvalue weighted by Gasteiger charge is -2.39. The summed E-state index contributed by atoms with van der Waals surface area (Å²) < 4.78 is 10.9. The van der Waals surface area contributed by atoms with Crippen molar-refractivity contribution in [2.24, 2.45) is 14.1 Å². The number of nitro groups is 1. The Labute approximate surface area is 201 Å². The maximum atomic E-state index is 13.6. The molecule has 0 N–H and O–H groups in total. The van der Waals surface area contributed by atoms with Gasteiger partial charge >= 0.3 is 5.69 Å². The molecule has 0 unspecified atom stereocenters. The van der Waals surface area contributed by atoms with Crippen molar-refractivity contribution in [3.8, 4) is 11.3 Å². The fraction of sp³-hybridized carbons (Fsp3) is 0.308. The van der Waals surface area contributed by atoms with Gasteiger partial charge in [-0.25, -0.2) is 4.79 Å². The summed E-state index contributed by atoms with van der Waals surface area (Å²) in [4.78, 5) is 38.1. The molecule has 3 heterocycles. The zero-order valence-corrected chi connectivity index (χ0v) is 20.2. The molecule has 9 heteroatoms. The smallest absolute Gasteiger partial charge is 0.331 e. The molecule has 0 saturated carbocycles. The summed E-state index contributed by atoms with van der Waals surface area (Å²) in [5.41, 5.74) is 2.30. The molecular formula is C26H26N4O5. The highest BCUT2D eigenvalue weighted by molar-refractivity contribution is 5.97. The molecule has 0 fully saturated rings. The summed E-state index contributed by atoms with van der Waals surface area (Å²) in [6, 6.07) is 14.3. The number of hydrogen-bond acceptors (Lipinski definition) is 5. The van der Waals surface area contributed by atoms with Crippen molar-refractivity contribution >= 4 is 16.6 Å². The van der Waals surface area contributed by atoms with Crippen LogP contribution in [0.4, 0.5) is 5.69 Å². The number of rotatable bonds is 3. The molecule has 0 amide bonds. The SMILES string of the molecule is Cc1cccc(-c2c3c(=O)n(C)c(=O)n(C)c3c3n2C(C)(C)CO[C@H]3c2ccccc2[N+](=O)[O-])c1. The minimum Gasteiger partial charge on any atom is -0.364 e. The molecule has 1 aliphatic rings. The Bertz CT molecular complexity index is 1640. The maximum Gasteiger partial charge on any atom is 0.331 e. The highest BCUT2D eigenvalue weighted by atomic mass is 16.6.